The van der Waals surface area contributed by atoms with Crippen molar-refractivity contribution < 1.29 is 0 Å². The molecule has 1 atom stereocenters. The van der Waals surface area contributed by atoms with Gasteiger partial charge in [0.15, 0.2) is 0 Å². The van der Waals surface area contributed by atoms with Crippen molar-refractivity contribution in [1.29, 1.82) is 0 Å². The fraction of sp³-hybridized carbons (Fsp3) is 0.786. The molecule has 0 bridgehead atoms. The van der Waals surface area contributed by atoms with Crippen molar-refractivity contribution in [2.24, 2.45) is 5.92 Å². The van der Waals surface area contributed by atoms with Crippen molar-refractivity contribution in [1.82, 2.24) is 15.1 Å². The molecule has 0 amide bonds. The fourth-order valence-electron chi connectivity index (χ4n) is 2.69. The molecule has 1 aliphatic carbocycles. The third-order valence-electron chi connectivity index (χ3n) is 3.75. The van der Waals surface area contributed by atoms with Crippen LogP contribution in [-0.2, 0) is 6.54 Å². The summed E-state index contributed by atoms with van der Waals surface area (Å²) in [4.78, 5) is 0. The molecule has 2 rings (SSSR count). The first-order chi connectivity index (χ1) is 8.34. The van der Waals surface area contributed by atoms with Crippen LogP contribution in [0.4, 0.5) is 0 Å². The molecule has 96 valence electrons. The molecule has 0 aliphatic heterocycles. The maximum absolute atomic E-state index is 4.24. The van der Waals surface area contributed by atoms with Crippen molar-refractivity contribution >= 4 is 0 Å². The molecule has 3 heteroatoms. The number of aromatic nitrogens is 2. The standard InChI is InChI=1S/C14H25N3/c1-13(12-17-10-6-9-16-17)15-11-14-7-4-2-3-5-8-14/h6,9-10,13-15H,2-5,7-8,11-12H2,1H3. The quantitative estimate of drug-likeness (QED) is 0.795. The summed E-state index contributed by atoms with van der Waals surface area (Å²) in [6.45, 7) is 4.40. The molecule has 1 aliphatic rings. The molecule has 1 unspecified atom stereocenters. The van der Waals surface area contributed by atoms with E-state index in [0.29, 0.717) is 6.04 Å². The van der Waals surface area contributed by atoms with Gasteiger partial charge in [0.05, 0.1) is 6.54 Å². The zero-order valence-corrected chi connectivity index (χ0v) is 10.9. The van der Waals surface area contributed by atoms with Crippen molar-refractivity contribution in [3.8, 4) is 0 Å². The molecule has 0 spiro atoms. The van der Waals surface area contributed by atoms with Gasteiger partial charge in [0, 0.05) is 18.4 Å². The van der Waals surface area contributed by atoms with Crippen LogP contribution in [0.5, 0.6) is 0 Å². The summed E-state index contributed by atoms with van der Waals surface area (Å²) in [6.07, 6.45) is 12.5. The average Bonchev–Trinajstić information content (AvgIpc) is 2.68. The minimum atomic E-state index is 0.512. The highest BCUT2D eigenvalue weighted by atomic mass is 15.3. The fourth-order valence-corrected chi connectivity index (χ4v) is 2.69. The lowest BCUT2D eigenvalue weighted by molar-refractivity contribution is 0.374. The monoisotopic (exact) mass is 235 g/mol. The molecule has 1 aromatic rings. The third-order valence-corrected chi connectivity index (χ3v) is 3.75. The summed E-state index contributed by atoms with van der Waals surface area (Å²) in [7, 11) is 0. The van der Waals surface area contributed by atoms with Crippen molar-refractivity contribution in [3.05, 3.63) is 18.5 Å². The van der Waals surface area contributed by atoms with Gasteiger partial charge < -0.3 is 5.32 Å². The van der Waals surface area contributed by atoms with Gasteiger partial charge in [0.2, 0.25) is 0 Å². The lowest BCUT2D eigenvalue weighted by Crippen LogP contribution is -2.34. The molecular weight excluding hydrogens is 210 g/mol. The minimum absolute atomic E-state index is 0.512. The second-order valence-corrected chi connectivity index (χ2v) is 5.39. The molecule has 0 aromatic carbocycles. The van der Waals surface area contributed by atoms with Crippen LogP contribution >= 0.6 is 0 Å². The van der Waals surface area contributed by atoms with Crippen molar-refractivity contribution in [2.45, 2.75) is 58.0 Å². The van der Waals surface area contributed by atoms with Crippen LogP contribution in [0.2, 0.25) is 0 Å². The van der Waals surface area contributed by atoms with Crippen LogP contribution < -0.4 is 5.32 Å². The van der Waals surface area contributed by atoms with Gasteiger partial charge in [-0.3, -0.25) is 4.68 Å². The molecule has 3 nitrogen and oxygen atoms in total. The van der Waals surface area contributed by atoms with Gasteiger partial charge in [-0.1, -0.05) is 25.7 Å². The van der Waals surface area contributed by atoms with Crippen LogP contribution in [0.3, 0.4) is 0 Å². The predicted octanol–water partition coefficient (Wildman–Crippen LogP) is 2.83. The normalized spacial score (nSPS) is 20.1. The largest absolute Gasteiger partial charge is 0.312 e. The van der Waals surface area contributed by atoms with E-state index in [1.165, 1.54) is 45.1 Å². The van der Waals surface area contributed by atoms with Crippen molar-refractivity contribution in [3.63, 3.8) is 0 Å². The lowest BCUT2D eigenvalue weighted by atomic mass is 10.0. The van der Waals surface area contributed by atoms with E-state index in [0.717, 1.165) is 12.5 Å². The van der Waals surface area contributed by atoms with E-state index in [2.05, 4.69) is 17.3 Å². The zero-order chi connectivity index (χ0) is 11.9. The van der Waals surface area contributed by atoms with Crippen LogP contribution in [-0.4, -0.2) is 22.4 Å². The van der Waals surface area contributed by atoms with Gasteiger partial charge in [-0.05, 0) is 38.3 Å². The van der Waals surface area contributed by atoms with Gasteiger partial charge in [0.25, 0.3) is 0 Å². The van der Waals surface area contributed by atoms with Gasteiger partial charge in [-0.2, -0.15) is 5.10 Å². The number of hydrogen-bond acceptors (Lipinski definition) is 2. The van der Waals surface area contributed by atoms with E-state index >= 15 is 0 Å². The Kier molecular flexibility index (Phi) is 5.05. The second kappa shape index (κ2) is 6.80. The maximum atomic E-state index is 4.24. The van der Waals surface area contributed by atoms with E-state index in [-0.39, 0.29) is 0 Å². The summed E-state index contributed by atoms with van der Waals surface area (Å²) in [5.41, 5.74) is 0. The highest BCUT2D eigenvalue weighted by molar-refractivity contribution is 4.79. The average molecular weight is 235 g/mol. The van der Waals surface area contributed by atoms with E-state index < -0.39 is 0 Å². The SMILES string of the molecule is CC(Cn1cccn1)NCC1CCCCCC1. The Morgan fingerprint density at radius 2 is 2.06 bits per heavy atom. The van der Waals surface area contributed by atoms with Crippen LogP contribution in [0, 0.1) is 5.92 Å². The lowest BCUT2D eigenvalue weighted by Gasteiger charge is -2.19. The highest BCUT2D eigenvalue weighted by Gasteiger charge is 2.13. The molecule has 0 radical (unpaired) electrons. The summed E-state index contributed by atoms with van der Waals surface area (Å²) in [5.74, 6) is 0.901. The van der Waals surface area contributed by atoms with Crippen LogP contribution in [0.1, 0.15) is 45.4 Å². The number of nitrogens with zero attached hydrogens (tertiary/aromatic N) is 2. The molecule has 1 heterocycles. The Bertz CT molecular complexity index is 286. The zero-order valence-electron chi connectivity index (χ0n) is 10.9. The smallest absolute Gasteiger partial charge is 0.0559 e. The van der Waals surface area contributed by atoms with Gasteiger partial charge in [0.1, 0.15) is 0 Å². The topological polar surface area (TPSA) is 29.9 Å². The van der Waals surface area contributed by atoms with Gasteiger partial charge in [-0.15, -0.1) is 0 Å². The highest BCUT2D eigenvalue weighted by Crippen LogP contribution is 2.22. The van der Waals surface area contributed by atoms with E-state index in [1.807, 2.05) is 23.1 Å². The van der Waals surface area contributed by atoms with E-state index in [9.17, 15) is 0 Å². The van der Waals surface area contributed by atoms with Crippen LogP contribution in [0.15, 0.2) is 18.5 Å². The number of hydrogen-bond donors (Lipinski definition) is 1. The Morgan fingerprint density at radius 3 is 2.71 bits per heavy atom. The summed E-state index contributed by atoms with van der Waals surface area (Å²) < 4.78 is 2.00. The van der Waals surface area contributed by atoms with Gasteiger partial charge in [-0.25, -0.2) is 0 Å². The molecule has 1 fully saturated rings. The van der Waals surface area contributed by atoms with Gasteiger partial charge >= 0.3 is 0 Å². The molecule has 1 saturated carbocycles. The minimum Gasteiger partial charge on any atom is -0.312 e. The molecule has 1 N–H and O–H groups in total. The summed E-state index contributed by atoms with van der Waals surface area (Å²) in [6, 6.07) is 2.50. The first-order valence-electron chi connectivity index (χ1n) is 7.05. The maximum Gasteiger partial charge on any atom is 0.0559 e. The molecule has 1 aromatic heterocycles. The Hall–Kier alpha value is -0.830. The Morgan fingerprint density at radius 1 is 1.29 bits per heavy atom. The third kappa shape index (κ3) is 4.50. The second-order valence-electron chi connectivity index (χ2n) is 5.39. The molecular formula is C14H25N3. The van der Waals surface area contributed by atoms with E-state index in [1.54, 1.807) is 0 Å². The van der Waals surface area contributed by atoms with Crippen molar-refractivity contribution in [2.75, 3.05) is 6.54 Å². The predicted molar refractivity (Wildman–Crippen MR) is 70.9 cm³/mol. The molecule has 17 heavy (non-hydrogen) atoms. The summed E-state index contributed by atoms with van der Waals surface area (Å²) >= 11 is 0. The van der Waals surface area contributed by atoms with Crippen LogP contribution in [0.25, 0.3) is 0 Å². The first-order valence-corrected chi connectivity index (χ1v) is 7.05. The Balaban J connectivity index is 1.66. The van der Waals surface area contributed by atoms with E-state index in [4.69, 9.17) is 0 Å². The number of rotatable bonds is 5. The Labute approximate surface area is 105 Å². The number of nitrogens with one attached hydrogen (secondary N) is 1. The first kappa shape index (κ1) is 12.6. The summed E-state index contributed by atoms with van der Waals surface area (Å²) in [5, 5.41) is 7.90. The molecule has 0 saturated heterocycles.